The number of likely N-dealkylation sites (tertiary alicyclic amines) is 1. The minimum Gasteiger partial charge on any atom is -0.375 e. The van der Waals surface area contributed by atoms with Crippen molar-refractivity contribution in [3.05, 3.63) is 0 Å². The van der Waals surface area contributed by atoms with Crippen LogP contribution in [0.3, 0.4) is 0 Å². The number of hydrogen-bond acceptors (Lipinski definition) is 5. The Kier molecular flexibility index (Phi) is 3.77. The van der Waals surface area contributed by atoms with E-state index in [1.165, 1.54) is 0 Å². The SMILES string of the molecule is CN1CCC2(CC1)C[C@@H](OS(C)(=O)=O)CCO2. The van der Waals surface area contributed by atoms with Crippen molar-refractivity contribution in [1.29, 1.82) is 0 Å². The lowest BCUT2D eigenvalue weighted by Gasteiger charge is -2.45. The molecule has 0 aromatic rings. The lowest BCUT2D eigenvalue weighted by atomic mass is 9.83. The van der Waals surface area contributed by atoms with Gasteiger partial charge in [-0.2, -0.15) is 8.42 Å². The van der Waals surface area contributed by atoms with Crippen LogP contribution in [0, 0.1) is 0 Å². The molecule has 2 aliphatic heterocycles. The van der Waals surface area contributed by atoms with E-state index in [2.05, 4.69) is 11.9 Å². The van der Waals surface area contributed by atoms with Crippen LogP contribution in [-0.2, 0) is 19.0 Å². The molecule has 0 saturated carbocycles. The van der Waals surface area contributed by atoms with Crippen LogP contribution in [-0.4, -0.2) is 58.0 Å². The molecule has 2 rings (SSSR count). The molecule has 1 atom stereocenters. The van der Waals surface area contributed by atoms with Gasteiger partial charge in [-0.25, -0.2) is 0 Å². The standard InChI is InChI=1S/C11H21NO4S/c1-12-6-4-11(5-7-12)9-10(3-8-15-11)16-17(2,13)14/h10H,3-9H2,1-2H3/t10-/m0/s1. The summed E-state index contributed by atoms with van der Waals surface area (Å²) in [5.41, 5.74) is -0.153. The Morgan fingerprint density at radius 1 is 1.35 bits per heavy atom. The van der Waals surface area contributed by atoms with E-state index in [1.807, 2.05) is 0 Å². The van der Waals surface area contributed by atoms with Crippen molar-refractivity contribution in [2.24, 2.45) is 0 Å². The molecule has 0 aromatic carbocycles. The minimum atomic E-state index is -3.36. The maximum atomic E-state index is 11.2. The third-order valence-electron chi connectivity index (χ3n) is 3.66. The monoisotopic (exact) mass is 263 g/mol. The second-order valence-corrected chi connectivity index (χ2v) is 6.85. The van der Waals surface area contributed by atoms with Crippen LogP contribution in [0.5, 0.6) is 0 Å². The molecule has 1 spiro atoms. The van der Waals surface area contributed by atoms with Gasteiger partial charge in [0.15, 0.2) is 0 Å². The zero-order valence-corrected chi connectivity index (χ0v) is 11.3. The summed E-state index contributed by atoms with van der Waals surface area (Å²) in [6.45, 7) is 2.61. The van der Waals surface area contributed by atoms with Crippen LogP contribution >= 0.6 is 0 Å². The van der Waals surface area contributed by atoms with Crippen molar-refractivity contribution < 1.29 is 17.3 Å². The maximum Gasteiger partial charge on any atom is 0.264 e. The van der Waals surface area contributed by atoms with E-state index >= 15 is 0 Å². The van der Waals surface area contributed by atoms with Crippen LogP contribution in [0.2, 0.25) is 0 Å². The molecule has 0 aliphatic carbocycles. The molecule has 17 heavy (non-hydrogen) atoms. The van der Waals surface area contributed by atoms with Gasteiger partial charge in [-0.05, 0) is 26.3 Å². The van der Waals surface area contributed by atoms with Gasteiger partial charge in [-0.3, -0.25) is 4.18 Å². The van der Waals surface area contributed by atoms with Crippen LogP contribution in [0.4, 0.5) is 0 Å². The molecule has 2 aliphatic rings. The Morgan fingerprint density at radius 3 is 2.59 bits per heavy atom. The largest absolute Gasteiger partial charge is 0.375 e. The lowest BCUT2D eigenvalue weighted by molar-refractivity contribution is -0.135. The van der Waals surface area contributed by atoms with E-state index in [1.54, 1.807) is 0 Å². The van der Waals surface area contributed by atoms with Gasteiger partial charge in [0.05, 0.1) is 18.0 Å². The highest BCUT2D eigenvalue weighted by atomic mass is 32.2. The molecule has 6 heteroatoms. The predicted molar refractivity (Wildman–Crippen MR) is 64.4 cm³/mol. The van der Waals surface area contributed by atoms with Crippen LogP contribution in [0.1, 0.15) is 25.7 Å². The lowest BCUT2D eigenvalue weighted by Crippen LogP contribution is -2.50. The molecule has 0 radical (unpaired) electrons. The molecule has 0 N–H and O–H groups in total. The maximum absolute atomic E-state index is 11.2. The van der Waals surface area contributed by atoms with E-state index in [4.69, 9.17) is 8.92 Å². The first-order valence-corrected chi connectivity index (χ1v) is 7.91. The second-order valence-electron chi connectivity index (χ2n) is 5.25. The molecule has 0 amide bonds. The van der Waals surface area contributed by atoms with Crippen molar-refractivity contribution in [3.63, 3.8) is 0 Å². The summed E-state index contributed by atoms with van der Waals surface area (Å²) in [7, 11) is -1.26. The Morgan fingerprint density at radius 2 is 2.00 bits per heavy atom. The third kappa shape index (κ3) is 3.64. The quantitative estimate of drug-likeness (QED) is 0.683. The average Bonchev–Trinajstić information content (AvgIpc) is 2.21. The molecular formula is C11H21NO4S. The van der Waals surface area contributed by atoms with Gasteiger partial charge in [-0.1, -0.05) is 0 Å². The molecule has 5 nitrogen and oxygen atoms in total. The molecule has 100 valence electrons. The van der Waals surface area contributed by atoms with Crippen molar-refractivity contribution in [3.8, 4) is 0 Å². The van der Waals surface area contributed by atoms with E-state index in [0.29, 0.717) is 19.4 Å². The fourth-order valence-corrected chi connectivity index (χ4v) is 3.35. The molecule has 2 saturated heterocycles. The van der Waals surface area contributed by atoms with Crippen LogP contribution in [0.15, 0.2) is 0 Å². The van der Waals surface area contributed by atoms with Crippen molar-refractivity contribution in [2.45, 2.75) is 37.4 Å². The Labute approximate surface area is 103 Å². The third-order valence-corrected chi connectivity index (χ3v) is 4.28. The summed E-state index contributed by atoms with van der Waals surface area (Å²) in [5.74, 6) is 0. The first kappa shape index (κ1) is 13.3. The number of ether oxygens (including phenoxy) is 1. The van der Waals surface area contributed by atoms with E-state index in [-0.39, 0.29) is 11.7 Å². The topological polar surface area (TPSA) is 55.8 Å². The summed E-state index contributed by atoms with van der Waals surface area (Å²) < 4.78 is 33.3. The Bertz CT molecular complexity index is 360. The minimum absolute atomic E-state index is 0.153. The van der Waals surface area contributed by atoms with Crippen LogP contribution < -0.4 is 0 Å². The van der Waals surface area contributed by atoms with Crippen LogP contribution in [0.25, 0.3) is 0 Å². The number of hydrogen-bond donors (Lipinski definition) is 0. The van der Waals surface area contributed by atoms with Crippen molar-refractivity contribution in [1.82, 2.24) is 4.90 Å². The second kappa shape index (κ2) is 4.84. The highest BCUT2D eigenvalue weighted by Gasteiger charge is 2.40. The first-order valence-electron chi connectivity index (χ1n) is 6.09. The fourth-order valence-electron chi connectivity index (χ4n) is 2.69. The van der Waals surface area contributed by atoms with Crippen molar-refractivity contribution in [2.75, 3.05) is 33.0 Å². The fraction of sp³-hybridized carbons (Fsp3) is 1.00. The van der Waals surface area contributed by atoms with Gasteiger partial charge in [0.25, 0.3) is 10.1 Å². The highest BCUT2D eigenvalue weighted by molar-refractivity contribution is 7.86. The zero-order valence-electron chi connectivity index (χ0n) is 10.5. The van der Waals surface area contributed by atoms with E-state index in [9.17, 15) is 8.42 Å². The molecule has 2 heterocycles. The summed E-state index contributed by atoms with van der Waals surface area (Å²) in [6, 6.07) is 0. The molecule has 0 aromatic heterocycles. The zero-order chi connectivity index (χ0) is 12.5. The van der Waals surface area contributed by atoms with E-state index < -0.39 is 10.1 Å². The summed E-state index contributed by atoms with van der Waals surface area (Å²) in [4.78, 5) is 2.27. The molecule has 0 bridgehead atoms. The predicted octanol–water partition coefficient (Wildman–Crippen LogP) is 0.606. The van der Waals surface area contributed by atoms with E-state index in [0.717, 1.165) is 32.2 Å². The Balaban J connectivity index is 1.97. The number of piperidine rings is 1. The van der Waals surface area contributed by atoms with Gasteiger partial charge in [0.1, 0.15) is 0 Å². The molecule has 2 fully saturated rings. The summed E-state index contributed by atoms with van der Waals surface area (Å²) >= 11 is 0. The normalized spacial score (nSPS) is 30.6. The van der Waals surface area contributed by atoms with Crippen molar-refractivity contribution >= 4 is 10.1 Å². The number of nitrogens with zero attached hydrogens (tertiary/aromatic N) is 1. The first-order chi connectivity index (χ1) is 7.89. The number of rotatable bonds is 2. The molecular weight excluding hydrogens is 242 g/mol. The van der Waals surface area contributed by atoms with Gasteiger partial charge in [0.2, 0.25) is 0 Å². The molecule has 0 unspecified atom stereocenters. The van der Waals surface area contributed by atoms with Gasteiger partial charge < -0.3 is 9.64 Å². The van der Waals surface area contributed by atoms with Gasteiger partial charge >= 0.3 is 0 Å². The highest BCUT2D eigenvalue weighted by Crippen LogP contribution is 2.36. The van der Waals surface area contributed by atoms with Gasteiger partial charge in [0, 0.05) is 26.1 Å². The summed E-state index contributed by atoms with van der Waals surface area (Å²) in [6.07, 6.45) is 4.21. The summed E-state index contributed by atoms with van der Waals surface area (Å²) in [5, 5.41) is 0. The smallest absolute Gasteiger partial charge is 0.264 e. The average molecular weight is 263 g/mol. The Hall–Kier alpha value is -0.170. The van der Waals surface area contributed by atoms with Gasteiger partial charge in [-0.15, -0.1) is 0 Å².